The van der Waals surface area contributed by atoms with Crippen LogP contribution in [0.4, 0.5) is 0 Å². The van der Waals surface area contributed by atoms with Crippen molar-refractivity contribution in [3.63, 3.8) is 0 Å². The number of aryl methyl sites for hydroxylation is 1. The maximum atomic E-state index is 5.88. The van der Waals surface area contributed by atoms with Gasteiger partial charge in [-0.25, -0.2) is 0 Å². The summed E-state index contributed by atoms with van der Waals surface area (Å²) in [4.78, 5) is 0. The number of nitrogens with two attached hydrogens (primary N) is 1. The molecular formula is C12H18BrNO. The Balaban J connectivity index is 2.59. The Bertz CT molecular complexity index is 314. The lowest BCUT2D eigenvalue weighted by molar-refractivity contribution is 0.412. The number of methoxy groups -OCH3 is 1. The molecule has 0 aliphatic heterocycles. The molecule has 1 rings (SSSR count). The van der Waals surface area contributed by atoms with Crippen LogP contribution in [-0.4, -0.2) is 13.2 Å². The molecule has 0 saturated heterocycles. The number of hydrogen-bond acceptors (Lipinski definition) is 2. The summed E-state index contributed by atoms with van der Waals surface area (Å²) in [7, 11) is 1.67. The van der Waals surface area contributed by atoms with Gasteiger partial charge in [-0.15, -0.1) is 0 Å². The first-order valence-corrected chi connectivity index (χ1v) is 6.04. The first-order chi connectivity index (χ1) is 7.17. The summed E-state index contributed by atoms with van der Waals surface area (Å²) in [6.07, 6.45) is 3.10. The zero-order valence-electron chi connectivity index (χ0n) is 9.29. The van der Waals surface area contributed by atoms with E-state index in [1.165, 1.54) is 5.56 Å². The number of benzene rings is 1. The van der Waals surface area contributed by atoms with Crippen molar-refractivity contribution in [3.8, 4) is 5.75 Å². The molecule has 0 bridgehead atoms. The molecule has 0 aliphatic carbocycles. The maximum Gasteiger partial charge on any atom is 0.133 e. The summed E-state index contributed by atoms with van der Waals surface area (Å²) in [5.41, 5.74) is 7.18. The number of hydrogen-bond donors (Lipinski definition) is 1. The van der Waals surface area contributed by atoms with Crippen LogP contribution in [0.2, 0.25) is 0 Å². The molecule has 0 amide bonds. The van der Waals surface area contributed by atoms with Crippen molar-refractivity contribution < 1.29 is 4.74 Å². The van der Waals surface area contributed by atoms with Gasteiger partial charge in [-0.2, -0.15) is 0 Å². The molecule has 0 fully saturated rings. The third-order valence-electron chi connectivity index (χ3n) is 2.54. The van der Waals surface area contributed by atoms with E-state index >= 15 is 0 Å². The molecule has 0 saturated carbocycles. The van der Waals surface area contributed by atoms with Crippen LogP contribution in [0, 0.1) is 0 Å². The van der Waals surface area contributed by atoms with E-state index in [0.29, 0.717) is 6.04 Å². The second-order valence-electron chi connectivity index (χ2n) is 3.68. The molecule has 1 atom stereocenters. The molecule has 1 aromatic carbocycles. The molecular weight excluding hydrogens is 254 g/mol. The molecule has 84 valence electrons. The summed E-state index contributed by atoms with van der Waals surface area (Å²) in [5.74, 6) is 0.874. The van der Waals surface area contributed by atoms with E-state index in [4.69, 9.17) is 10.5 Å². The van der Waals surface area contributed by atoms with Crippen molar-refractivity contribution in [1.29, 1.82) is 0 Å². The van der Waals surface area contributed by atoms with Gasteiger partial charge in [0.15, 0.2) is 0 Å². The van der Waals surface area contributed by atoms with Crippen LogP contribution in [0.3, 0.4) is 0 Å². The molecule has 0 radical (unpaired) electrons. The molecule has 1 aromatic rings. The van der Waals surface area contributed by atoms with Gasteiger partial charge in [0.2, 0.25) is 0 Å². The Morgan fingerprint density at radius 3 is 2.73 bits per heavy atom. The third-order valence-corrected chi connectivity index (χ3v) is 3.16. The molecule has 0 aliphatic rings. The quantitative estimate of drug-likeness (QED) is 0.893. The highest BCUT2D eigenvalue weighted by Crippen LogP contribution is 2.26. The average Bonchev–Trinajstić information content (AvgIpc) is 2.26. The fraction of sp³-hybridized carbons (Fsp3) is 0.500. The second-order valence-corrected chi connectivity index (χ2v) is 4.53. The largest absolute Gasteiger partial charge is 0.496 e. The molecule has 1 unspecified atom stereocenters. The lowest BCUT2D eigenvalue weighted by Crippen LogP contribution is -2.19. The Morgan fingerprint density at radius 2 is 2.20 bits per heavy atom. The summed E-state index contributed by atoms with van der Waals surface area (Å²) >= 11 is 3.48. The monoisotopic (exact) mass is 271 g/mol. The highest BCUT2D eigenvalue weighted by molar-refractivity contribution is 9.10. The topological polar surface area (TPSA) is 35.2 Å². The Labute approximate surface area is 99.9 Å². The zero-order chi connectivity index (χ0) is 11.3. The van der Waals surface area contributed by atoms with Gasteiger partial charge in [-0.1, -0.05) is 13.0 Å². The third kappa shape index (κ3) is 3.84. The zero-order valence-corrected chi connectivity index (χ0v) is 10.9. The minimum absolute atomic E-state index is 0.311. The summed E-state index contributed by atoms with van der Waals surface area (Å²) in [6, 6.07) is 6.48. The van der Waals surface area contributed by atoms with Crippen LogP contribution >= 0.6 is 15.9 Å². The van der Waals surface area contributed by atoms with Crippen molar-refractivity contribution in [1.82, 2.24) is 0 Å². The van der Waals surface area contributed by atoms with E-state index in [1.54, 1.807) is 7.11 Å². The average molecular weight is 272 g/mol. The highest BCUT2D eigenvalue weighted by atomic mass is 79.9. The summed E-state index contributed by atoms with van der Waals surface area (Å²) < 4.78 is 6.18. The van der Waals surface area contributed by atoms with E-state index in [1.807, 2.05) is 6.07 Å². The molecule has 15 heavy (non-hydrogen) atoms. The van der Waals surface area contributed by atoms with Crippen LogP contribution in [0.5, 0.6) is 5.75 Å². The Kier molecular flexibility index (Phi) is 5.12. The Morgan fingerprint density at radius 1 is 1.47 bits per heavy atom. The van der Waals surface area contributed by atoms with Crippen molar-refractivity contribution in [3.05, 3.63) is 28.2 Å². The summed E-state index contributed by atoms with van der Waals surface area (Å²) in [6.45, 7) is 2.12. The van der Waals surface area contributed by atoms with Crippen molar-refractivity contribution in [2.45, 2.75) is 32.2 Å². The van der Waals surface area contributed by atoms with E-state index in [9.17, 15) is 0 Å². The number of halogens is 1. The molecule has 0 aromatic heterocycles. The van der Waals surface area contributed by atoms with Crippen LogP contribution in [0.15, 0.2) is 22.7 Å². The molecule has 2 nitrogen and oxygen atoms in total. The molecule has 0 spiro atoms. The SMILES string of the molecule is CCC(N)CCc1ccc(OC)c(Br)c1. The van der Waals surface area contributed by atoms with Crippen LogP contribution in [0.1, 0.15) is 25.3 Å². The van der Waals surface area contributed by atoms with Gasteiger partial charge in [0.25, 0.3) is 0 Å². The van der Waals surface area contributed by atoms with Gasteiger partial charge in [-0.3, -0.25) is 0 Å². The van der Waals surface area contributed by atoms with Crippen LogP contribution in [0.25, 0.3) is 0 Å². The fourth-order valence-electron chi connectivity index (χ4n) is 1.42. The second kappa shape index (κ2) is 6.13. The fourth-order valence-corrected chi connectivity index (χ4v) is 2.01. The van der Waals surface area contributed by atoms with Gasteiger partial charge in [0.1, 0.15) is 5.75 Å². The van der Waals surface area contributed by atoms with Gasteiger partial charge in [-0.05, 0) is 52.9 Å². The van der Waals surface area contributed by atoms with Gasteiger partial charge < -0.3 is 10.5 Å². The highest BCUT2D eigenvalue weighted by Gasteiger charge is 2.03. The van der Waals surface area contributed by atoms with E-state index in [2.05, 4.69) is 35.0 Å². The normalized spacial score (nSPS) is 12.5. The minimum atomic E-state index is 0.311. The minimum Gasteiger partial charge on any atom is -0.496 e. The smallest absolute Gasteiger partial charge is 0.133 e. The lowest BCUT2D eigenvalue weighted by Gasteiger charge is -2.09. The lowest BCUT2D eigenvalue weighted by atomic mass is 10.0. The van der Waals surface area contributed by atoms with Crippen molar-refractivity contribution in [2.75, 3.05) is 7.11 Å². The first-order valence-electron chi connectivity index (χ1n) is 5.25. The molecule has 2 N–H and O–H groups in total. The molecule has 3 heteroatoms. The van der Waals surface area contributed by atoms with E-state index < -0.39 is 0 Å². The predicted octanol–water partition coefficient (Wildman–Crippen LogP) is 3.13. The van der Waals surface area contributed by atoms with Crippen molar-refractivity contribution >= 4 is 15.9 Å². The van der Waals surface area contributed by atoms with Crippen LogP contribution in [-0.2, 0) is 6.42 Å². The van der Waals surface area contributed by atoms with Gasteiger partial charge in [0.05, 0.1) is 11.6 Å². The predicted molar refractivity (Wildman–Crippen MR) is 67.3 cm³/mol. The van der Waals surface area contributed by atoms with Gasteiger partial charge >= 0.3 is 0 Å². The first kappa shape index (κ1) is 12.5. The van der Waals surface area contributed by atoms with Crippen molar-refractivity contribution in [2.24, 2.45) is 5.73 Å². The van der Waals surface area contributed by atoms with E-state index in [0.717, 1.165) is 29.5 Å². The number of rotatable bonds is 5. The maximum absolute atomic E-state index is 5.88. The Hall–Kier alpha value is -0.540. The standard InChI is InChI=1S/C12H18BrNO/c1-3-10(14)6-4-9-5-7-12(15-2)11(13)8-9/h5,7-8,10H,3-4,6,14H2,1-2H3. The van der Waals surface area contributed by atoms with Gasteiger partial charge in [0, 0.05) is 6.04 Å². The summed E-state index contributed by atoms with van der Waals surface area (Å²) in [5, 5.41) is 0. The van der Waals surface area contributed by atoms with E-state index in [-0.39, 0.29) is 0 Å². The van der Waals surface area contributed by atoms with Crippen LogP contribution < -0.4 is 10.5 Å². The molecule has 0 heterocycles. The number of ether oxygens (including phenoxy) is 1.